The highest BCUT2D eigenvalue weighted by Gasteiger charge is 2.32. The summed E-state index contributed by atoms with van der Waals surface area (Å²) in [5.41, 5.74) is 1.48. The molecule has 0 saturated heterocycles. The molecule has 2 unspecified atom stereocenters. The first-order valence-electron chi connectivity index (χ1n) is 6.63. The molecule has 2 atom stereocenters. The van der Waals surface area contributed by atoms with Crippen molar-refractivity contribution in [2.45, 2.75) is 35.4 Å². The van der Waals surface area contributed by atoms with E-state index in [0.29, 0.717) is 11.3 Å². The number of ether oxygens (including phenoxy) is 1. The fourth-order valence-electron chi connectivity index (χ4n) is 2.70. The van der Waals surface area contributed by atoms with Gasteiger partial charge in [0.25, 0.3) is 0 Å². The number of nitrogens with one attached hydrogen (secondary N) is 1. The van der Waals surface area contributed by atoms with E-state index in [-0.39, 0.29) is 0 Å². The molecular formula is C15H19NOS. The molecule has 2 aliphatic rings. The Labute approximate surface area is 113 Å². The van der Waals surface area contributed by atoms with Gasteiger partial charge in [0.05, 0.1) is 12.6 Å². The van der Waals surface area contributed by atoms with Gasteiger partial charge in [-0.15, -0.1) is 11.8 Å². The van der Waals surface area contributed by atoms with Gasteiger partial charge in [0, 0.05) is 10.1 Å². The molecular weight excluding hydrogens is 242 g/mol. The van der Waals surface area contributed by atoms with Crippen molar-refractivity contribution in [1.82, 2.24) is 5.32 Å². The third-order valence-electron chi connectivity index (χ3n) is 3.62. The molecule has 1 N–H and O–H groups in total. The molecule has 0 aliphatic carbocycles. The average molecular weight is 261 g/mol. The minimum Gasteiger partial charge on any atom is -0.497 e. The lowest BCUT2D eigenvalue weighted by atomic mass is 10.0. The minimum atomic E-state index is 0.336. The van der Waals surface area contributed by atoms with Crippen LogP contribution in [0.25, 0.3) is 0 Å². The zero-order valence-corrected chi connectivity index (χ0v) is 11.5. The molecule has 18 heavy (non-hydrogen) atoms. The molecule has 2 heterocycles. The van der Waals surface area contributed by atoms with Crippen LogP contribution in [0.15, 0.2) is 41.0 Å². The molecule has 2 aliphatic heterocycles. The van der Waals surface area contributed by atoms with Crippen LogP contribution in [0.2, 0.25) is 0 Å². The first-order valence-corrected chi connectivity index (χ1v) is 7.51. The first kappa shape index (κ1) is 12.1. The highest BCUT2D eigenvalue weighted by Crippen LogP contribution is 2.40. The van der Waals surface area contributed by atoms with Crippen molar-refractivity contribution in [2.75, 3.05) is 13.7 Å². The summed E-state index contributed by atoms with van der Waals surface area (Å²) >= 11 is 1.98. The standard InChI is InChI=1S/C15H19NOS/c1-16-15(12-7-4-5-9-17-12)14-10-11-6-2-3-8-13(11)18-14/h2-3,6-8,14-16H,4-5,9-10H2,1H3. The zero-order chi connectivity index (χ0) is 12.4. The molecule has 0 spiro atoms. The second kappa shape index (κ2) is 5.37. The van der Waals surface area contributed by atoms with Gasteiger partial charge in [0.15, 0.2) is 0 Å². The lowest BCUT2D eigenvalue weighted by Crippen LogP contribution is -2.38. The molecule has 0 saturated carbocycles. The molecule has 96 valence electrons. The van der Waals surface area contributed by atoms with E-state index in [1.54, 1.807) is 0 Å². The van der Waals surface area contributed by atoms with Crippen LogP contribution in [0.5, 0.6) is 0 Å². The van der Waals surface area contributed by atoms with E-state index < -0.39 is 0 Å². The van der Waals surface area contributed by atoms with Crippen molar-refractivity contribution in [3.8, 4) is 0 Å². The predicted octanol–water partition coefficient (Wildman–Crippen LogP) is 2.99. The summed E-state index contributed by atoms with van der Waals surface area (Å²) < 4.78 is 5.83. The monoisotopic (exact) mass is 261 g/mol. The second-order valence-corrected chi connectivity index (χ2v) is 6.11. The van der Waals surface area contributed by atoms with Crippen molar-refractivity contribution >= 4 is 11.8 Å². The Morgan fingerprint density at radius 3 is 3.00 bits per heavy atom. The maximum absolute atomic E-state index is 5.83. The highest BCUT2D eigenvalue weighted by molar-refractivity contribution is 8.00. The Morgan fingerprint density at radius 1 is 1.39 bits per heavy atom. The number of allylic oxidation sites excluding steroid dienone is 1. The van der Waals surface area contributed by atoms with Gasteiger partial charge in [-0.1, -0.05) is 18.2 Å². The molecule has 3 rings (SSSR count). The van der Waals surface area contributed by atoms with Crippen LogP contribution in [-0.4, -0.2) is 24.9 Å². The molecule has 0 aromatic heterocycles. The number of hydrogen-bond acceptors (Lipinski definition) is 3. The van der Waals surface area contributed by atoms with Gasteiger partial charge in [-0.25, -0.2) is 0 Å². The lowest BCUT2D eigenvalue weighted by molar-refractivity contribution is 0.168. The Bertz CT molecular complexity index is 433. The Kier molecular flexibility index (Phi) is 3.62. The third-order valence-corrected chi connectivity index (χ3v) is 5.02. The molecule has 0 fully saturated rings. The van der Waals surface area contributed by atoms with Gasteiger partial charge >= 0.3 is 0 Å². The minimum absolute atomic E-state index is 0.336. The topological polar surface area (TPSA) is 21.3 Å². The fraction of sp³-hybridized carbons (Fsp3) is 0.467. The fourth-order valence-corrected chi connectivity index (χ4v) is 4.15. The van der Waals surface area contributed by atoms with E-state index >= 15 is 0 Å². The summed E-state index contributed by atoms with van der Waals surface area (Å²) in [7, 11) is 2.03. The number of thioether (sulfide) groups is 1. The summed E-state index contributed by atoms with van der Waals surface area (Å²) in [5.74, 6) is 1.15. The van der Waals surface area contributed by atoms with Crippen molar-refractivity contribution in [3.63, 3.8) is 0 Å². The van der Waals surface area contributed by atoms with E-state index in [4.69, 9.17) is 4.74 Å². The largest absolute Gasteiger partial charge is 0.497 e. The van der Waals surface area contributed by atoms with Crippen LogP contribution in [0.4, 0.5) is 0 Å². The van der Waals surface area contributed by atoms with E-state index in [2.05, 4.69) is 35.7 Å². The summed E-state index contributed by atoms with van der Waals surface area (Å²) in [5, 5.41) is 3.99. The van der Waals surface area contributed by atoms with Crippen molar-refractivity contribution in [1.29, 1.82) is 0 Å². The van der Waals surface area contributed by atoms with E-state index in [9.17, 15) is 0 Å². The van der Waals surface area contributed by atoms with Crippen LogP contribution in [0.1, 0.15) is 18.4 Å². The molecule has 2 nitrogen and oxygen atoms in total. The van der Waals surface area contributed by atoms with Gasteiger partial charge in [-0.2, -0.15) is 0 Å². The summed E-state index contributed by atoms with van der Waals surface area (Å²) in [6.45, 7) is 0.869. The lowest BCUT2D eigenvalue weighted by Gasteiger charge is -2.27. The molecule has 0 amide bonds. The molecule has 3 heteroatoms. The number of benzene rings is 1. The summed E-state index contributed by atoms with van der Waals surface area (Å²) in [4.78, 5) is 1.43. The van der Waals surface area contributed by atoms with Crippen LogP contribution in [-0.2, 0) is 11.2 Å². The predicted molar refractivity (Wildman–Crippen MR) is 75.9 cm³/mol. The highest BCUT2D eigenvalue weighted by atomic mass is 32.2. The van der Waals surface area contributed by atoms with Crippen LogP contribution >= 0.6 is 11.8 Å². The molecule has 1 aromatic rings. The molecule has 1 aromatic carbocycles. The normalized spacial score (nSPS) is 24.1. The van der Waals surface area contributed by atoms with E-state index in [0.717, 1.165) is 31.6 Å². The SMILES string of the molecule is CNC(C1=CCCCO1)C1Cc2ccccc2S1. The quantitative estimate of drug-likeness (QED) is 0.904. The third kappa shape index (κ3) is 2.29. The second-order valence-electron chi connectivity index (χ2n) is 4.83. The summed E-state index contributed by atoms with van der Waals surface area (Å²) in [6.07, 6.45) is 5.69. The smallest absolute Gasteiger partial charge is 0.110 e. The van der Waals surface area contributed by atoms with Crippen LogP contribution in [0, 0.1) is 0 Å². The van der Waals surface area contributed by atoms with Crippen LogP contribution < -0.4 is 5.32 Å². The Balaban J connectivity index is 1.77. The summed E-state index contributed by atoms with van der Waals surface area (Å²) in [6, 6.07) is 9.06. The maximum atomic E-state index is 5.83. The van der Waals surface area contributed by atoms with Gasteiger partial charge in [-0.05, 0) is 44.0 Å². The first-order chi connectivity index (χ1) is 8.88. The van der Waals surface area contributed by atoms with Gasteiger partial charge in [-0.3, -0.25) is 0 Å². The van der Waals surface area contributed by atoms with Gasteiger partial charge in [0.2, 0.25) is 0 Å². The van der Waals surface area contributed by atoms with E-state index in [1.165, 1.54) is 10.5 Å². The number of likely N-dealkylation sites (N-methyl/N-ethyl adjacent to an activating group) is 1. The van der Waals surface area contributed by atoms with Gasteiger partial charge < -0.3 is 10.1 Å². The maximum Gasteiger partial charge on any atom is 0.110 e. The van der Waals surface area contributed by atoms with Crippen molar-refractivity contribution in [2.24, 2.45) is 0 Å². The zero-order valence-electron chi connectivity index (χ0n) is 10.7. The van der Waals surface area contributed by atoms with E-state index in [1.807, 2.05) is 18.8 Å². The Hall–Kier alpha value is -0.930. The number of fused-ring (bicyclic) bond motifs is 1. The van der Waals surface area contributed by atoms with Crippen LogP contribution in [0.3, 0.4) is 0 Å². The van der Waals surface area contributed by atoms with Crippen molar-refractivity contribution < 1.29 is 4.74 Å². The average Bonchev–Trinajstić information content (AvgIpc) is 2.84. The molecule has 0 radical (unpaired) electrons. The number of rotatable bonds is 3. The Morgan fingerprint density at radius 2 is 2.28 bits per heavy atom. The van der Waals surface area contributed by atoms with Gasteiger partial charge in [0.1, 0.15) is 5.76 Å². The molecule has 0 bridgehead atoms. The van der Waals surface area contributed by atoms with Crippen molar-refractivity contribution in [3.05, 3.63) is 41.7 Å². The number of hydrogen-bond donors (Lipinski definition) is 1.